The first-order chi connectivity index (χ1) is 13.6. The van der Waals surface area contributed by atoms with Crippen LogP contribution >= 0.6 is 11.3 Å². The quantitative estimate of drug-likeness (QED) is 0.570. The highest BCUT2D eigenvalue weighted by molar-refractivity contribution is 7.16. The van der Waals surface area contributed by atoms with Crippen LogP contribution in [0.25, 0.3) is 10.2 Å². The number of carbonyl (C=O) groups excluding carboxylic acids is 2. The highest BCUT2D eigenvalue weighted by Crippen LogP contribution is 2.29. The van der Waals surface area contributed by atoms with E-state index < -0.39 is 5.97 Å². The number of ether oxygens (including phenoxy) is 2. The standard InChI is InChI=1S/C21H20N2O4S/c1-26-17-7-2-14(3-8-17)11-23(16-5-6-16)20(24)12-27-21(25)15-4-9-18-19(10-15)28-13-22-18/h2-4,7-10,13,16H,5-6,11-12H2,1H3. The molecule has 0 N–H and O–H groups in total. The van der Waals surface area contributed by atoms with Crippen LogP contribution in [0.3, 0.4) is 0 Å². The van der Waals surface area contributed by atoms with E-state index in [1.807, 2.05) is 24.3 Å². The molecule has 1 amide bonds. The lowest BCUT2D eigenvalue weighted by atomic mass is 10.2. The molecule has 0 aliphatic heterocycles. The summed E-state index contributed by atoms with van der Waals surface area (Å²) in [6.45, 7) is 0.240. The van der Waals surface area contributed by atoms with Crippen molar-refractivity contribution < 1.29 is 19.1 Å². The number of fused-ring (bicyclic) bond motifs is 1. The summed E-state index contributed by atoms with van der Waals surface area (Å²) in [5.41, 5.74) is 4.02. The van der Waals surface area contributed by atoms with E-state index in [1.54, 1.807) is 35.7 Å². The SMILES string of the molecule is COc1ccc(CN(C(=O)COC(=O)c2ccc3ncsc3c2)C2CC2)cc1. The zero-order valence-corrected chi connectivity index (χ0v) is 16.3. The average Bonchev–Trinajstić information content (AvgIpc) is 3.46. The molecule has 1 saturated carbocycles. The second-order valence-corrected chi connectivity index (χ2v) is 7.60. The Kier molecular flexibility index (Phi) is 5.25. The number of carbonyl (C=O) groups is 2. The maximum Gasteiger partial charge on any atom is 0.338 e. The largest absolute Gasteiger partial charge is 0.497 e. The van der Waals surface area contributed by atoms with Gasteiger partial charge in [0.05, 0.1) is 28.4 Å². The Morgan fingerprint density at radius 3 is 2.68 bits per heavy atom. The van der Waals surface area contributed by atoms with Gasteiger partial charge in [0.15, 0.2) is 6.61 Å². The molecule has 4 rings (SSSR count). The zero-order valence-electron chi connectivity index (χ0n) is 15.5. The van der Waals surface area contributed by atoms with Gasteiger partial charge < -0.3 is 14.4 Å². The number of esters is 1. The topological polar surface area (TPSA) is 68.7 Å². The summed E-state index contributed by atoms with van der Waals surface area (Å²) in [6, 6.07) is 13.1. The normalized spacial score (nSPS) is 13.3. The molecule has 3 aromatic rings. The number of hydrogen-bond donors (Lipinski definition) is 0. The Bertz CT molecular complexity index is 995. The summed E-state index contributed by atoms with van der Waals surface area (Å²) in [4.78, 5) is 31.0. The third kappa shape index (κ3) is 4.14. The molecule has 1 aliphatic rings. The van der Waals surface area contributed by atoms with Gasteiger partial charge in [-0.3, -0.25) is 4.79 Å². The second kappa shape index (κ2) is 7.98. The highest BCUT2D eigenvalue weighted by Gasteiger charge is 2.33. The van der Waals surface area contributed by atoms with Gasteiger partial charge in [0, 0.05) is 12.6 Å². The minimum absolute atomic E-state index is 0.175. The van der Waals surface area contributed by atoms with Gasteiger partial charge in [-0.1, -0.05) is 12.1 Å². The molecule has 0 unspecified atom stereocenters. The Hall–Kier alpha value is -2.93. The van der Waals surface area contributed by atoms with Crippen LogP contribution in [0.1, 0.15) is 28.8 Å². The number of aromatic nitrogens is 1. The Morgan fingerprint density at radius 1 is 1.18 bits per heavy atom. The second-order valence-electron chi connectivity index (χ2n) is 6.71. The van der Waals surface area contributed by atoms with Crippen LogP contribution in [0, 0.1) is 0 Å². The number of amides is 1. The van der Waals surface area contributed by atoms with Gasteiger partial charge in [-0.05, 0) is 48.7 Å². The fourth-order valence-electron chi connectivity index (χ4n) is 3.01. The third-order valence-corrected chi connectivity index (χ3v) is 5.51. The van der Waals surface area contributed by atoms with Gasteiger partial charge in [0.2, 0.25) is 0 Å². The molecule has 0 saturated heterocycles. The summed E-state index contributed by atoms with van der Waals surface area (Å²) in [5, 5.41) is 0. The molecule has 28 heavy (non-hydrogen) atoms. The maximum absolute atomic E-state index is 12.7. The summed E-state index contributed by atoms with van der Waals surface area (Å²) in [6.07, 6.45) is 1.97. The van der Waals surface area contributed by atoms with E-state index in [0.717, 1.165) is 34.4 Å². The molecule has 144 valence electrons. The predicted molar refractivity (Wildman–Crippen MR) is 106 cm³/mol. The van der Waals surface area contributed by atoms with Crippen molar-refractivity contribution in [1.29, 1.82) is 0 Å². The van der Waals surface area contributed by atoms with Crippen molar-refractivity contribution in [1.82, 2.24) is 9.88 Å². The van der Waals surface area contributed by atoms with Gasteiger partial charge in [-0.2, -0.15) is 0 Å². The van der Waals surface area contributed by atoms with Crippen molar-refractivity contribution in [2.24, 2.45) is 0 Å². The van der Waals surface area contributed by atoms with E-state index in [1.165, 1.54) is 11.3 Å². The summed E-state index contributed by atoms with van der Waals surface area (Å²) < 4.78 is 11.4. The fourth-order valence-corrected chi connectivity index (χ4v) is 3.73. The number of thiazole rings is 1. The first-order valence-corrected chi connectivity index (χ1v) is 9.95. The van der Waals surface area contributed by atoms with Gasteiger partial charge in [0.1, 0.15) is 5.75 Å². The van der Waals surface area contributed by atoms with Crippen LogP contribution in [-0.4, -0.2) is 41.5 Å². The van der Waals surface area contributed by atoms with Crippen LogP contribution in [-0.2, 0) is 16.1 Å². The molecule has 0 spiro atoms. The molecule has 2 aromatic carbocycles. The molecular formula is C21H20N2O4S. The van der Waals surface area contributed by atoms with Crippen LogP contribution < -0.4 is 4.74 Å². The predicted octanol–water partition coefficient (Wildman–Crippen LogP) is 3.65. The van der Waals surface area contributed by atoms with Crippen molar-refractivity contribution in [2.45, 2.75) is 25.4 Å². The van der Waals surface area contributed by atoms with Crippen molar-refractivity contribution in [3.8, 4) is 5.75 Å². The van der Waals surface area contributed by atoms with Gasteiger partial charge in [-0.25, -0.2) is 9.78 Å². The minimum Gasteiger partial charge on any atom is -0.497 e. The number of benzene rings is 2. The van der Waals surface area contributed by atoms with E-state index in [2.05, 4.69) is 4.98 Å². The monoisotopic (exact) mass is 396 g/mol. The number of nitrogens with zero attached hydrogens (tertiary/aromatic N) is 2. The molecule has 0 radical (unpaired) electrons. The molecule has 1 aromatic heterocycles. The molecule has 1 fully saturated rings. The van der Waals surface area contributed by atoms with Crippen LogP contribution in [0.5, 0.6) is 5.75 Å². The smallest absolute Gasteiger partial charge is 0.338 e. The van der Waals surface area contributed by atoms with Gasteiger partial charge in [0.25, 0.3) is 5.91 Å². The molecule has 0 bridgehead atoms. The molecule has 0 atom stereocenters. The van der Waals surface area contributed by atoms with Crippen molar-refractivity contribution >= 4 is 33.4 Å². The molecule has 1 aliphatic carbocycles. The maximum atomic E-state index is 12.7. The lowest BCUT2D eigenvalue weighted by molar-refractivity contribution is -0.135. The van der Waals surface area contributed by atoms with E-state index in [-0.39, 0.29) is 18.6 Å². The minimum atomic E-state index is -0.496. The van der Waals surface area contributed by atoms with Crippen molar-refractivity contribution in [2.75, 3.05) is 13.7 Å². The molecule has 6 nitrogen and oxygen atoms in total. The third-order valence-electron chi connectivity index (χ3n) is 4.71. The van der Waals surface area contributed by atoms with E-state index in [4.69, 9.17) is 9.47 Å². The summed E-state index contributed by atoms with van der Waals surface area (Å²) in [7, 11) is 1.62. The number of rotatable bonds is 7. The Balaban J connectivity index is 1.38. The molecule has 1 heterocycles. The van der Waals surface area contributed by atoms with Crippen molar-refractivity contribution in [3.05, 3.63) is 59.1 Å². The number of methoxy groups -OCH3 is 1. The molecule has 7 heteroatoms. The fraction of sp³-hybridized carbons (Fsp3) is 0.286. The number of hydrogen-bond acceptors (Lipinski definition) is 6. The van der Waals surface area contributed by atoms with Crippen LogP contribution in [0.2, 0.25) is 0 Å². The van der Waals surface area contributed by atoms with E-state index >= 15 is 0 Å². The Labute approximate surface area is 166 Å². The average molecular weight is 396 g/mol. The Morgan fingerprint density at radius 2 is 1.96 bits per heavy atom. The lowest BCUT2D eigenvalue weighted by Crippen LogP contribution is -2.36. The van der Waals surface area contributed by atoms with E-state index in [0.29, 0.717) is 12.1 Å². The summed E-state index contributed by atoms with van der Waals surface area (Å²) in [5.74, 6) is 0.106. The molecular weight excluding hydrogens is 376 g/mol. The first kappa shape index (κ1) is 18.4. The van der Waals surface area contributed by atoms with Crippen LogP contribution in [0.15, 0.2) is 48.0 Å². The highest BCUT2D eigenvalue weighted by atomic mass is 32.1. The van der Waals surface area contributed by atoms with Crippen LogP contribution in [0.4, 0.5) is 0 Å². The van der Waals surface area contributed by atoms with Crippen molar-refractivity contribution in [3.63, 3.8) is 0 Å². The summed E-state index contributed by atoms with van der Waals surface area (Å²) >= 11 is 1.46. The van der Waals surface area contributed by atoms with Gasteiger partial charge >= 0.3 is 5.97 Å². The van der Waals surface area contributed by atoms with Gasteiger partial charge in [-0.15, -0.1) is 11.3 Å². The lowest BCUT2D eigenvalue weighted by Gasteiger charge is -2.22. The first-order valence-electron chi connectivity index (χ1n) is 9.07. The zero-order chi connectivity index (χ0) is 19.5. The van der Waals surface area contributed by atoms with E-state index in [9.17, 15) is 9.59 Å².